The molecule has 1 aromatic carbocycles. The van der Waals surface area contributed by atoms with Crippen LogP contribution in [0.4, 0.5) is 0 Å². The average molecular weight is 274 g/mol. The zero-order valence-corrected chi connectivity index (χ0v) is 11.3. The van der Waals surface area contributed by atoms with E-state index in [-0.39, 0.29) is 6.04 Å². The van der Waals surface area contributed by atoms with E-state index in [1.165, 1.54) is 11.5 Å². The SMILES string of the molecule is CCc1nnsc1C(NN)c1cc2ccccc2o1. The van der Waals surface area contributed by atoms with E-state index in [1.54, 1.807) is 0 Å². The van der Waals surface area contributed by atoms with Gasteiger partial charge in [-0.1, -0.05) is 29.6 Å². The molecule has 0 amide bonds. The fraction of sp³-hybridized carbons (Fsp3) is 0.231. The predicted octanol–water partition coefficient (Wildman–Crippen LogP) is 2.40. The van der Waals surface area contributed by atoms with Crippen molar-refractivity contribution in [2.24, 2.45) is 5.84 Å². The number of aromatic nitrogens is 2. The second kappa shape index (κ2) is 5.08. The minimum atomic E-state index is -0.206. The number of para-hydroxylation sites is 1. The quantitative estimate of drug-likeness (QED) is 0.564. The molecule has 1 atom stereocenters. The molecule has 0 aliphatic heterocycles. The Labute approximate surface area is 114 Å². The molecular formula is C13H14N4OS. The highest BCUT2D eigenvalue weighted by molar-refractivity contribution is 7.05. The number of nitrogens with one attached hydrogen (secondary N) is 1. The summed E-state index contributed by atoms with van der Waals surface area (Å²) in [5.74, 6) is 6.46. The summed E-state index contributed by atoms with van der Waals surface area (Å²) >= 11 is 1.35. The van der Waals surface area contributed by atoms with E-state index in [4.69, 9.17) is 10.3 Å². The molecule has 5 nitrogen and oxygen atoms in total. The Hall–Kier alpha value is -1.76. The van der Waals surface area contributed by atoms with E-state index in [1.807, 2.05) is 37.3 Å². The smallest absolute Gasteiger partial charge is 0.134 e. The average Bonchev–Trinajstić information content (AvgIpc) is 3.05. The number of nitrogens with zero attached hydrogens (tertiary/aromatic N) is 2. The first-order chi connectivity index (χ1) is 9.33. The third kappa shape index (κ3) is 2.14. The summed E-state index contributed by atoms with van der Waals surface area (Å²) in [6.07, 6.45) is 0.824. The summed E-state index contributed by atoms with van der Waals surface area (Å²) in [6, 6.07) is 9.69. The van der Waals surface area contributed by atoms with Crippen LogP contribution >= 0.6 is 11.5 Å². The normalized spacial score (nSPS) is 12.9. The van der Waals surface area contributed by atoms with Crippen LogP contribution in [0.1, 0.15) is 29.3 Å². The maximum absolute atomic E-state index is 5.85. The van der Waals surface area contributed by atoms with Gasteiger partial charge in [0.25, 0.3) is 0 Å². The van der Waals surface area contributed by atoms with Gasteiger partial charge in [-0.3, -0.25) is 5.84 Å². The third-order valence-corrected chi connectivity index (χ3v) is 3.91. The second-order valence-electron chi connectivity index (χ2n) is 4.22. The Bertz CT molecular complexity index is 658. The van der Waals surface area contributed by atoms with Crippen molar-refractivity contribution in [3.63, 3.8) is 0 Å². The molecule has 0 fully saturated rings. The molecule has 6 heteroatoms. The van der Waals surface area contributed by atoms with Gasteiger partial charge < -0.3 is 4.42 Å². The van der Waals surface area contributed by atoms with Crippen LogP contribution in [0.15, 0.2) is 34.7 Å². The number of rotatable bonds is 4. The van der Waals surface area contributed by atoms with Crippen LogP contribution in [0.5, 0.6) is 0 Å². The molecule has 3 aromatic rings. The number of aryl methyl sites for hydroxylation is 1. The molecule has 2 aromatic heterocycles. The molecule has 0 aliphatic carbocycles. The topological polar surface area (TPSA) is 77.0 Å². The van der Waals surface area contributed by atoms with Gasteiger partial charge in [0.1, 0.15) is 17.4 Å². The van der Waals surface area contributed by atoms with Gasteiger partial charge in [-0.15, -0.1) is 5.10 Å². The monoisotopic (exact) mass is 274 g/mol. The van der Waals surface area contributed by atoms with Crippen LogP contribution in [0.25, 0.3) is 11.0 Å². The van der Waals surface area contributed by atoms with Crippen molar-refractivity contribution in [1.29, 1.82) is 0 Å². The largest absolute Gasteiger partial charge is 0.459 e. The van der Waals surface area contributed by atoms with Crippen LogP contribution in [-0.4, -0.2) is 9.59 Å². The van der Waals surface area contributed by atoms with Crippen LogP contribution < -0.4 is 11.3 Å². The predicted molar refractivity (Wildman–Crippen MR) is 74.7 cm³/mol. The van der Waals surface area contributed by atoms with E-state index in [2.05, 4.69) is 15.0 Å². The zero-order valence-electron chi connectivity index (χ0n) is 10.5. The van der Waals surface area contributed by atoms with Crippen molar-refractivity contribution >= 4 is 22.5 Å². The molecule has 19 heavy (non-hydrogen) atoms. The zero-order chi connectivity index (χ0) is 13.2. The highest BCUT2D eigenvalue weighted by atomic mass is 32.1. The Morgan fingerprint density at radius 3 is 3.00 bits per heavy atom. The molecule has 2 heterocycles. The van der Waals surface area contributed by atoms with Gasteiger partial charge in [-0.05, 0) is 30.1 Å². The van der Waals surface area contributed by atoms with Crippen molar-refractivity contribution in [3.8, 4) is 0 Å². The first-order valence-corrected chi connectivity index (χ1v) is 6.86. The van der Waals surface area contributed by atoms with Gasteiger partial charge in [0.2, 0.25) is 0 Å². The molecule has 0 bridgehead atoms. The summed E-state index contributed by atoms with van der Waals surface area (Å²) in [7, 11) is 0. The fourth-order valence-electron chi connectivity index (χ4n) is 2.11. The minimum absolute atomic E-state index is 0.206. The van der Waals surface area contributed by atoms with Crippen molar-refractivity contribution in [2.75, 3.05) is 0 Å². The summed E-state index contributed by atoms with van der Waals surface area (Å²) < 4.78 is 9.85. The van der Waals surface area contributed by atoms with Gasteiger partial charge in [0, 0.05) is 5.39 Å². The maximum atomic E-state index is 5.85. The molecule has 0 aliphatic rings. The molecule has 3 N–H and O–H groups in total. The molecule has 0 radical (unpaired) electrons. The Morgan fingerprint density at radius 1 is 1.42 bits per heavy atom. The number of hydrogen-bond donors (Lipinski definition) is 2. The van der Waals surface area contributed by atoms with E-state index >= 15 is 0 Å². The molecule has 1 unspecified atom stereocenters. The summed E-state index contributed by atoms with van der Waals surface area (Å²) in [5.41, 5.74) is 4.60. The Balaban J connectivity index is 2.06. The van der Waals surface area contributed by atoms with Crippen LogP contribution in [0.2, 0.25) is 0 Å². The van der Waals surface area contributed by atoms with E-state index < -0.39 is 0 Å². The molecule has 0 spiro atoms. The summed E-state index contributed by atoms with van der Waals surface area (Å²) in [6.45, 7) is 2.05. The van der Waals surface area contributed by atoms with Crippen molar-refractivity contribution in [2.45, 2.75) is 19.4 Å². The van der Waals surface area contributed by atoms with Gasteiger partial charge >= 0.3 is 0 Å². The second-order valence-corrected chi connectivity index (χ2v) is 5.01. The van der Waals surface area contributed by atoms with Crippen molar-refractivity contribution in [1.82, 2.24) is 15.0 Å². The Morgan fingerprint density at radius 2 is 2.26 bits per heavy atom. The lowest BCUT2D eigenvalue weighted by molar-refractivity contribution is 0.479. The first-order valence-electron chi connectivity index (χ1n) is 6.09. The van der Waals surface area contributed by atoms with E-state index in [0.717, 1.165) is 33.7 Å². The summed E-state index contributed by atoms with van der Waals surface area (Å²) in [5, 5.41) is 5.18. The van der Waals surface area contributed by atoms with Crippen LogP contribution in [0, 0.1) is 0 Å². The summed E-state index contributed by atoms with van der Waals surface area (Å²) in [4.78, 5) is 1.00. The standard InChI is InChI=1S/C13H14N4OS/c1-2-9-13(19-17-16-9)12(15-14)11-7-8-5-3-4-6-10(8)18-11/h3-7,12,15H,2,14H2,1H3. The lowest BCUT2D eigenvalue weighted by atomic mass is 10.1. The van der Waals surface area contributed by atoms with Crippen LogP contribution in [-0.2, 0) is 6.42 Å². The number of hydrogen-bond acceptors (Lipinski definition) is 6. The molecule has 0 saturated carbocycles. The number of benzene rings is 1. The number of nitrogens with two attached hydrogens (primary N) is 1. The lowest BCUT2D eigenvalue weighted by Gasteiger charge is -2.11. The van der Waals surface area contributed by atoms with E-state index in [9.17, 15) is 0 Å². The maximum Gasteiger partial charge on any atom is 0.134 e. The van der Waals surface area contributed by atoms with Crippen molar-refractivity contribution in [3.05, 3.63) is 46.7 Å². The molecular weight excluding hydrogens is 260 g/mol. The van der Waals surface area contributed by atoms with Crippen LogP contribution in [0.3, 0.4) is 0 Å². The Kier molecular flexibility index (Phi) is 3.29. The molecule has 0 saturated heterocycles. The van der Waals surface area contributed by atoms with Gasteiger partial charge in [0.15, 0.2) is 0 Å². The highest BCUT2D eigenvalue weighted by Gasteiger charge is 2.22. The third-order valence-electron chi connectivity index (χ3n) is 3.08. The van der Waals surface area contributed by atoms with Crippen molar-refractivity contribution < 1.29 is 4.42 Å². The highest BCUT2D eigenvalue weighted by Crippen LogP contribution is 2.30. The first kappa shape index (κ1) is 12.3. The number of hydrazine groups is 1. The minimum Gasteiger partial charge on any atom is -0.459 e. The number of fused-ring (bicyclic) bond motifs is 1. The van der Waals surface area contributed by atoms with Gasteiger partial charge in [-0.2, -0.15) is 0 Å². The van der Waals surface area contributed by atoms with Gasteiger partial charge in [0.05, 0.1) is 10.6 Å². The molecule has 3 rings (SSSR count). The van der Waals surface area contributed by atoms with Gasteiger partial charge in [-0.25, -0.2) is 5.43 Å². The van der Waals surface area contributed by atoms with E-state index in [0.29, 0.717) is 0 Å². The molecule has 98 valence electrons. The fourth-order valence-corrected chi connectivity index (χ4v) is 2.92. The number of furan rings is 1. The lowest BCUT2D eigenvalue weighted by Crippen LogP contribution is -2.28.